The number of rotatable bonds is 1. The molecular weight excluding hydrogens is 231 g/mol. The third-order valence-corrected chi connectivity index (χ3v) is 1.74. The molecule has 1 heterocycles. The number of hydrogen-bond acceptors (Lipinski definition) is 2. The number of aromatic amines is 1. The smallest absolute Gasteiger partial charge is 0.262 e. The van der Waals surface area contributed by atoms with Crippen molar-refractivity contribution in [1.82, 2.24) is 4.98 Å². The number of halogens is 2. The van der Waals surface area contributed by atoms with Gasteiger partial charge in [-0.3, -0.25) is 4.79 Å². The van der Waals surface area contributed by atoms with E-state index in [9.17, 15) is 4.79 Å². The molecule has 0 saturated carbocycles. The van der Waals surface area contributed by atoms with E-state index in [0.717, 1.165) is 5.56 Å². The second-order valence-corrected chi connectivity index (χ2v) is 2.74. The van der Waals surface area contributed by atoms with Gasteiger partial charge < -0.3 is 10.7 Å². The minimum absolute atomic E-state index is 0. The summed E-state index contributed by atoms with van der Waals surface area (Å²) in [5.74, 6) is 0. The van der Waals surface area contributed by atoms with Crippen LogP contribution in [0.25, 0.3) is 0 Å². The van der Waals surface area contributed by atoms with Gasteiger partial charge in [0.2, 0.25) is 0 Å². The van der Waals surface area contributed by atoms with Gasteiger partial charge in [0.25, 0.3) is 5.56 Å². The molecule has 3 N–H and O–H groups in total. The van der Waals surface area contributed by atoms with Crippen LogP contribution in [0.3, 0.4) is 0 Å². The van der Waals surface area contributed by atoms with Crippen molar-refractivity contribution in [2.45, 2.75) is 6.54 Å². The highest BCUT2D eigenvalue weighted by molar-refractivity contribution is 9.10. The quantitative estimate of drug-likeness (QED) is 0.769. The maximum atomic E-state index is 10.7. The number of aromatic nitrogens is 1. The maximum Gasteiger partial charge on any atom is 0.262 e. The van der Waals surface area contributed by atoms with Crippen molar-refractivity contribution in [2.75, 3.05) is 0 Å². The van der Waals surface area contributed by atoms with Gasteiger partial charge in [-0.15, -0.1) is 12.4 Å². The molecule has 0 radical (unpaired) electrons. The highest BCUT2D eigenvalue weighted by Crippen LogP contribution is 2.03. The lowest BCUT2D eigenvalue weighted by atomic mass is 10.3. The molecule has 0 aromatic carbocycles. The lowest BCUT2D eigenvalue weighted by Crippen LogP contribution is -2.08. The Balaban J connectivity index is 0.000001000. The molecule has 1 aromatic rings. The van der Waals surface area contributed by atoms with Crippen LogP contribution in [-0.4, -0.2) is 4.98 Å². The summed E-state index contributed by atoms with van der Waals surface area (Å²) in [5.41, 5.74) is 6.11. The SMILES string of the molecule is Cl.NCc1c[nH]c(=O)c(Br)c1. The Hall–Kier alpha value is -0.320. The molecular formula is C6H8BrClN2O. The first-order chi connectivity index (χ1) is 4.74. The summed E-state index contributed by atoms with van der Waals surface area (Å²) >= 11 is 3.09. The van der Waals surface area contributed by atoms with Crippen molar-refractivity contribution in [3.63, 3.8) is 0 Å². The number of pyridine rings is 1. The number of hydrogen-bond donors (Lipinski definition) is 2. The fraction of sp³-hybridized carbons (Fsp3) is 0.167. The van der Waals surface area contributed by atoms with Crippen LogP contribution in [-0.2, 0) is 6.54 Å². The topological polar surface area (TPSA) is 58.9 Å². The summed E-state index contributed by atoms with van der Waals surface area (Å²) in [4.78, 5) is 13.3. The normalized spacial score (nSPS) is 8.91. The average Bonchev–Trinajstić information content (AvgIpc) is 1.95. The van der Waals surface area contributed by atoms with Gasteiger partial charge in [-0.1, -0.05) is 0 Å². The monoisotopic (exact) mass is 238 g/mol. The van der Waals surface area contributed by atoms with E-state index >= 15 is 0 Å². The lowest BCUT2D eigenvalue weighted by Gasteiger charge is -1.94. The van der Waals surface area contributed by atoms with Crippen molar-refractivity contribution >= 4 is 28.3 Å². The number of nitrogens with two attached hydrogens (primary N) is 1. The van der Waals surface area contributed by atoms with Crippen LogP contribution in [0.5, 0.6) is 0 Å². The van der Waals surface area contributed by atoms with Crippen molar-refractivity contribution < 1.29 is 0 Å². The van der Waals surface area contributed by atoms with Gasteiger partial charge in [0.05, 0.1) is 4.47 Å². The molecule has 0 bridgehead atoms. The fourth-order valence-electron chi connectivity index (χ4n) is 0.615. The molecule has 0 aliphatic rings. The predicted molar refractivity (Wildman–Crippen MR) is 49.9 cm³/mol. The van der Waals surface area contributed by atoms with Gasteiger partial charge >= 0.3 is 0 Å². The van der Waals surface area contributed by atoms with Crippen LogP contribution in [0.15, 0.2) is 21.5 Å². The van der Waals surface area contributed by atoms with Gasteiger partial charge in [0.1, 0.15) is 0 Å². The van der Waals surface area contributed by atoms with E-state index in [0.29, 0.717) is 11.0 Å². The molecule has 0 atom stereocenters. The molecule has 1 aromatic heterocycles. The largest absolute Gasteiger partial charge is 0.328 e. The molecule has 1 rings (SSSR count). The summed E-state index contributed by atoms with van der Waals surface area (Å²) in [5, 5.41) is 0. The molecule has 3 nitrogen and oxygen atoms in total. The van der Waals surface area contributed by atoms with Crippen LogP contribution < -0.4 is 11.3 Å². The molecule has 0 saturated heterocycles. The first kappa shape index (κ1) is 10.7. The van der Waals surface area contributed by atoms with E-state index in [1.807, 2.05) is 0 Å². The summed E-state index contributed by atoms with van der Waals surface area (Å²) < 4.78 is 0.524. The van der Waals surface area contributed by atoms with Gasteiger partial charge in [-0.05, 0) is 27.6 Å². The predicted octanol–water partition coefficient (Wildman–Crippen LogP) is 1.02. The molecule has 62 valence electrons. The van der Waals surface area contributed by atoms with Crippen LogP contribution in [0.4, 0.5) is 0 Å². The molecule has 0 fully saturated rings. The van der Waals surface area contributed by atoms with Crippen LogP contribution >= 0.6 is 28.3 Å². The summed E-state index contributed by atoms with van der Waals surface area (Å²) in [6, 6.07) is 1.71. The lowest BCUT2D eigenvalue weighted by molar-refractivity contribution is 1.03. The van der Waals surface area contributed by atoms with Crippen molar-refractivity contribution in [2.24, 2.45) is 5.73 Å². The van der Waals surface area contributed by atoms with E-state index in [-0.39, 0.29) is 18.0 Å². The zero-order chi connectivity index (χ0) is 7.56. The first-order valence-electron chi connectivity index (χ1n) is 2.81. The fourth-order valence-corrected chi connectivity index (χ4v) is 1.02. The van der Waals surface area contributed by atoms with E-state index in [2.05, 4.69) is 20.9 Å². The highest BCUT2D eigenvalue weighted by atomic mass is 79.9. The van der Waals surface area contributed by atoms with Crippen molar-refractivity contribution in [3.05, 3.63) is 32.7 Å². The Labute approximate surface area is 78.5 Å². The van der Waals surface area contributed by atoms with Gasteiger partial charge in [0.15, 0.2) is 0 Å². The summed E-state index contributed by atoms with van der Waals surface area (Å²) in [6.07, 6.45) is 1.60. The zero-order valence-corrected chi connectivity index (χ0v) is 8.04. The third kappa shape index (κ3) is 2.65. The highest BCUT2D eigenvalue weighted by Gasteiger charge is 1.94. The summed E-state index contributed by atoms with van der Waals surface area (Å²) in [7, 11) is 0. The minimum Gasteiger partial charge on any atom is -0.328 e. The van der Waals surface area contributed by atoms with Gasteiger partial charge in [0, 0.05) is 12.7 Å². The molecule has 0 spiro atoms. The van der Waals surface area contributed by atoms with Crippen molar-refractivity contribution in [1.29, 1.82) is 0 Å². The van der Waals surface area contributed by atoms with E-state index < -0.39 is 0 Å². The van der Waals surface area contributed by atoms with Crippen LogP contribution in [0.1, 0.15) is 5.56 Å². The molecule has 0 unspecified atom stereocenters. The first-order valence-corrected chi connectivity index (χ1v) is 3.60. The second-order valence-electron chi connectivity index (χ2n) is 1.89. The van der Waals surface area contributed by atoms with Crippen LogP contribution in [0, 0.1) is 0 Å². The zero-order valence-electron chi connectivity index (χ0n) is 5.63. The van der Waals surface area contributed by atoms with Gasteiger partial charge in [-0.25, -0.2) is 0 Å². The Kier molecular flexibility index (Phi) is 4.40. The number of nitrogens with one attached hydrogen (secondary N) is 1. The molecule has 0 amide bonds. The third-order valence-electron chi connectivity index (χ3n) is 1.15. The second kappa shape index (κ2) is 4.54. The molecule has 11 heavy (non-hydrogen) atoms. The minimum atomic E-state index is -0.128. The van der Waals surface area contributed by atoms with E-state index in [4.69, 9.17) is 5.73 Å². The van der Waals surface area contributed by atoms with E-state index in [1.165, 1.54) is 0 Å². The molecule has 5 heteroatoms. The summed E-state index contributed by atoms with van der Waals surface area (Å²) in [6.45, 7) is 0.440. The Morgan fingerprint density at radius 3 is 2.73 bits per heavy atom. The average molecular weight is 240 g/mol. The Bertz CT molecular complexity index is 286. The number of H-pyrrole nitrogens is 1. The maximum absolute atomic E-state index is 10.7. The Morgan fingerprint density at radius 1 is 1.64 bits per heavy atom. The van der Waals surface area contributed by atoms with Crippen LogP contribution in [0.2, 0.25) is 0 Å². The van der Waals surface area contributed by atoms with Gasteiger partial charge in [-0.2, -0.15) is 0 Å². The van der Waals surface area contributed by atoms with E-state index in [1.54, 1.807) is 12.3 Å². The molecule has 0 aliphatic carbocycles. The van der Waals surface area contributed by atoms with Crippen molar-refractivity contribution in [3.8, 4) is 0 Å². The standard InChI is InChI=1S/C6H7BrN2O.ClH/c7-5-1-4(2-8)3-9-6(5)10;/h1,3H,2,8H2,(H,9,10);1H. The Morgan fingerprint density at radius 2 is 2.27 bits per heavy atom. The molecule has 0 aliphatic heterocycles.